The normalized spacial score (nSPS) is 15.6. The average molecular weight is 384 g/mol. The molecule has 1 saturated heterocycles. The topological polar surface area (TPSA) is 32.8 Å². The number of hydrogen-bond acceptors (Lipinski definition) is 3. The Hall–Kier alpha value is -2.56. The van der Waals surface area contributed by atoms with Crippen LogP contribution in [0.15, 0.2) is 42.5 Å². The highest BCUT2D eigenvalue weighted by Gasteiger charge is 2.27. The highest BCUT2D eigenvalue weighted by atomic mass is 19.1. The van der Waals surface area contributed by atoms with Gasteiger partial charge >= 0.3 is 0 Å². The molecular weight excluding hydrogens is 355 g/mol. The molecule has 28 heavy (non-hydrogen) atoms. The summed E-state index contributed by atoms with van der Waals surface area (Å²) in [5, 5.41) is 0. The molecule has 0 radical (unpaired) electrons. The number of ether oxygens (including phenoxy) is 1. The molecule has 0 N–H and O–H groups in total. The molecule has 2 aromatic carbocycles. The zero-order valence-corrected chi connectivity index (χ0v) is 17.1. The maximum absolute atomic E-state index is 14.0. The van der Waals surface area contributed by atoms with Gasteiger partial charge in [0.15, 0.2) is 6.10 Å². The lowest BCUT2D eigenvalue weighted by atomic mass is 10.0. The van der Waals surface area contributed by atoms with Crippen molar-refractivity contribution in [1.82, 2.24) is 4.90 Å². The van der Waals surface area contributed by atoms with E-state index in [1.165, 1.54) is 6.07 Å². The summed E-state index contributed by atoms with van der Waals surface area (Å²) in [5.74, 6) is 0.854. The maximum Gasteiger partial charge on any atom is 0.263 e. The Morgan fingerprint density at radius 1 is 1.04 bits per heavy atom. The van der Waals surface area contributed by atoms with Gasteiger partial charge in [-0.05, 0) is 49.1 Å². The Kier molecular flexibility index (Phi) is 6.22. The van der Waals surface area contributed by atoms with E-state index < -0.39 is 6.10 Å². The number of anilines is 1. The number of nitrogens with zero attached hydrogens (tertiary/aromatic N) is 2. The first-order chi connectivity index (χ1) is 13.4. The lowest BCUT2D eigenvalue weighted by Gasteiger charge is -2.37. The van der Waals surface area contributed by atoms with Gasteiger partial charge in [-0.15, -0.1) is 0 Å². The quantitative estimate of drug-likeness (QED) is 0.767. The van der Waals surface area contributed by atoms with Crippen molar-refractivity contribution < 1.29 is 13.9 Å². The van der Waals surface area contributed by atoms with Gasteiger partial charge in [-0.3, -0.25) is 4.79 Å². The van der Waals surface area contributed by atoms with Crippen LogP contribution in [-0.4, -0.2) is 43.1 Å². The fourth-order valence-electron chi connectivity index (χ4n) is 3.59. The molecule has 0 aliphatic carbocycles. The number of rotatable bonds is 5. The van der Waals surface area contributed by atoms with Crippen LogP contribution in [0.1, 0.15) is 37.8 Å². The zero-order valence-electron chi connectivity index (χ0n) is 17.1. The molecule has 0 spiro atoms. The molecule has 1 fully saturated rings. The highest BCUT2D eigenvalue weighted by molar-refractivity contribution is 5.81. The van der Waals surface area contributed by atoms with Crippen molar-refractivity contribution in [2.24, 2.45) is 0 Å². The first-order valence-corrected chi connectivity index (χ1v) is 9.92. The third-order valence-electron chi connectivity index (χ3n) is 5.23. The maximum atomic E-state index is 14.0. The number of para-hydroxylation sites is 1. The molecule has 1 aliphatic rings. The minimum atomic E-state index is -0.556. The Morgan fingerprint density at radius 3 is 2.36 bits per heavy atom. The first-order valence-electron chi connectivity index (χ1n) is 9.92. The van der Waals surface area contributed by atoms with Gasteiger partial charge in [0, 0.05) is 26.2 Å². The average Bonchev–Trinajstić information content (AvgIpc) is 2.68. The van der Waals surface area contributed by atoms with Gasteiger partial charge in [-0.2, -0.15) is 0 Å². The van der Waals surface area contributed by atoms with Gasteiger partial charge in [0.2, 0.25) is 0 Å². The molecular formula is C23H29FN2O2. The minimum Gasteiger partial charge on any atom is -0.481 e. The van der Waals surface area contributed by atoms with Crippen LogP contribution in [0.25, 0.3) is 0 Å². The Balaban J connectivity index is 1.62. The van der Waals surface area contributed by atoms with E-state index in [1.54, 1.807) is 19.1 Å². The summed E-state index contributed by atoms with van der Waals surface area (Å²) in [5.41, 5.74) is 2.81. The predicted molar refractivity (Wildman–Crippen MR) is 111 cm³/mol. The van der Waals surface area contributed by atoms with Gasteiger partial charge in [0.05, 0.1) is 5.69 Å². The summed E-state index contributed by atoms with van der Waals surface area (Å²) in [6.07, 6.45) is -0.556. The number of aryl methyl sites for hydroxylation is 1. The van der Waals surface area contributed by atoms with Gasteiger partial charge in [-0.1, -0.05) is 38.1 Å². The molecule has 1 heterocycles. The third-order valence-corrected chi connectivity index (χ3v) is 5.23. The van der Waals surface area contributed by atoms with Crippen LogP contribution in [0, 0.1) is 12.7 Å². The van der Waals surface area contributed by atoms with E-state index >= 15 is 0 Å². The first kappa shape index (κ1) is 20.2. The standard InChI is InChI=1S/C23H29FN2O2/c1-16(2)19-10-9-17(3)15-22(19)28-18(4)23(27)26-13-11-25(12-14-26)21-8-6-5-7-20(21)24/h5-10,15-16,18H,11-14H2,1-4H3/t18-/m0/s1. The fourth-order valence-corrected chi connectivity index (χ4v) is 3.59. The molecule has 1 atom stereocenters. The monoisotopic (exact) mass is 384 g/mol. The summed E-state index contributed by atoms with van der Waals surface area (Å²) in [4.78, 5) is 16.7. The van der Waals surface area contributed by atoms with Gasteiger partial charge in [-0.25, -0.2) is 4.39 Å². The van der Waals surface area contributed by atoms with Gasteiger partial charge < -0.3 is 14.5 Å². The van der Waals surface area contributed by atoms with Crippen LogP contribution >= 0.6 is 0 Å². The fraction of sp³-hybridized carbons (Fsp3) is 0.435. The van der Waals surface area contributed by atoms with Crippen molar-refractivity contribution in [2.75, 3.05) is 31.1 Å². The largest absolute Gasteiger partial charge is 0.481 e. The smallest absolute Gasteiger partial charge is 0.263 e. The van der Waals surface area contributed by atoms with E-state index in [4.69, 9.17) is 4.74 Å². The molecule has 0 saturated carbocycles. The number of hydrogen-bond donors (Lipinski definition) is 0. The van der Waals surface area contributed by atoms with Crippen molar-refractivity contribution in [3.63, 3.8) is 0 Å². The van der Waals surface area contributed by atoms with E-state index in [-0.39, 0.29) is 11.7 Å². The molecule has 0 unspecified atom stereocenters. The lowest BCUT2D eigenvalue weighted by molar-refractivity contribution is -0.138. The molecule has 5 heteroatoms. The molecule has 150 valence electrons. The molecule has 4 nitrogen and oxygen atoms in total. The van der Waals surface area contributed by atoms with Gasteiger partial charge in [0.1, 0.15) is 11.6 Å². The van der Waals surface area contributed by atoms with Crippen LogP contribution in [0.3, 0.4) is 0 Å². The predicted octanol–water partition coefficient (Wildman–Crippen LogP) is 4.37. The van der Waals surface area contributed by atoms with Crippen LogP contribution in [0.4, 0.5) is 10.1 Å². The van der Waals surface area contributed by atoms with Crippen molar-refractivity contribution in [2.45, 2.75) is 39.7 Å². The van der Waals surface area contributed by atoms with Crippen molar-refractivity contribution in [3.8, 4) is 5.75 Å². The van der Waals surface area contributed by atoms with E-state index in [1.807, 2.05) is 28.9 Å². The number of halogens is 1. The lowest BCUT2D eigenvalue weighted by Crippen LogP contribution is -2.52. The Morgan fingerprint density at radius 2 is 1.71 bits per heavy atom. The van der Waals surface area contributed by atoms with Gasteiger partial charge in [0.25, 0.3) is 5.91 Å². The summed E-state index contributed by atoms with van der Waals surface area (Å²) in [6, 6.07) is 12.9. The molecule has 1 amide bonds. The number of amides is 1. The highest BCUT2D eigenvalue weighted by Crippen LogP contribution is 2.29. The van der Waals surface area contributed by atoms with E-state index in [9.17, 15) is 9.18 Å². The van der Waals surface area contributed by atoms with Crippen LogP contribution in [0.2, 0.25) is 0 Å². The second-order valence-corrected chi connectivity index (χ2v) is 7.72. The molecule has 0 bridgehead atoms. The van der Waals surface area contributed by atoms with E-state index in [0.717, 1.165) is 16.9 Å². The number of carbonyl (C=O) groups excluding carboxylic acids is 1. The Bertz CT molecular complexity index is 829. The molecule has 2 aromatic rings. The van der Waals surface area contributed by atoms with Crippen molar-refractivity contribution in [1.29, 1.82) is 0 Å². The molecule has 3 rings (SSSR count). The summed E-state index contributed by atoms with van der Waals surface area (Å²) in [6.45, 7) is 10.4. The molecule has 0 aromatic heterocycles. The second kappa shape index (κ2) is 8.63. The summed E-state index contributed by atoms with van der Waals surface area (Å²) < 4.78 is 20.1. The zero-order chi connectivity index (χ0) is 20.3. The van der Waals surface area contributed by atoms with Crippen LogP contribution in [-0.2, 0) is 4.79 Å². The summed E-state index contributed by atoms with van der Waals surface area (Å²) >= 11 is 0. The second-order valence-electron chi connectivity index (χ2n) is 7.72. The number of carbonyl (C=O) groups is 1. The van der Waals surface area contributed by atoms with Crippen LogP contribution < -0.4 is 9.64 Å². The minimum absolute atomic E-state index is 0.0237. The third kappa shape index (κ3) is 4.46. The van der Waals surface area contributed by atoms with Crippen LogP contribution in [0.5, 0.6) is 5.75 Å². The van der Waals surface area contributed by atoms with E-state index in [2.05, 4.69) is 26.0 Å². The molecule has 1 aliphatic heterocycles. The van der Waals surface area contributed by atoms with E-state index in [0.29, 0.717) is 37.8 Å². The number of benzene rings is 2. The SMILES string of the molecule is Cc1ccc(C(C)C)c(O[C@@H](C)C(=O)N2CCN(c3ccccc3F)CC2)c1. The van der Waals surface area contributed by atoms with Crippen molar-refractivity contribution >= 4 is 11.6 Å². The Labute approximate surface area is 166 Å². The summed E-state index contributed by atoms with van der Waals surface area (Å²) in [7, 11) is 0. The van der Waals surface area contributed by atoms with Crippen molar-refractivity contribution in [3.05, 3.63) is 59.4 Å². The number of piperazine rings is 1.